The molecule has 3 nitrogen and oxygen atoms in total. The first kappa shape index (κ1) is 14.2. The maximum Gasteiger partial charge on any atom is 0.0637 e. The molecule has 0 radical (unpaired) electrons. The largest absolute Gasteiger partial charge is 0.392 e. The van der Waals surface area contributed by atoms with Crippen LogP contribution < -0.4 is 0 Å². The quantitative estimate of drug-likeness (QED) is 0.825. The predicted molar refractivity (Wildman–Crippen MR) is 79.4 cm³/mol. The van der Waals surface area contributed by atoms with Gasteiger partial charge in [0.05, 0.1) is 12.3 Å². The normalized spacial score (nSPS) is 12.6. The van der Waals surface area contributed by atoms with Crippen molar-refractivity contribution in [2.45, 2.75) is 30.8 Å². The van der Waals surface area contributed by atoms with Gasteiger partial charge in [0.1, 0.15) is 0 Å². The van der Waals surface area contributed by atoms with E-state index in [1.54, 1.807) is 16.4 Å². The molecule has 0 fully saturated rings. The van der Waals surface area contributed by atoms with Gasteiger partial charge in [-0.25, -0.2) is 0 Å². The fraction of sp³-hybridized carbons (Fsp3) is 0.400. The Hall–Kier alpha value is -1.26. The highest BCUT2D eigenvalue weighted by atomic mass is 32.2. The first-order chi connectivity index (χ1) is 9.13. The molecule has 0 bridgehead atoms. The molecule has 0 aliphatic carbocycles. The van der Waals surface area contributed by atoms with E-state index in [2.05, 4.69) is 36.3 Å². The zero-order valence-corrected chi connectivity index (χ0v) is 12.2. The second kappa shape index (κ2) is 6.78. The number of aromatic nitrogens is 2. The average Bonchev–Trinajstić information content (AvgIpc) is 2.80. The van der Waals surface area contributed by atoms with Crippen LogP contribution in [0.15, 0.2) is 41.6 Å². The molecule has 1 unspecified atom stereocenters. The third-order valence-electron chi connectivity index (χ3n) is 2.96. The molecule has 2 aromatic rings. The standard InChI is InChI=1S/C15H20N2OS/c1-12-4-3-5-15(8-12)19-11-14(18)7-6-13-9-16-17(2)10-13/h3-5,8-10,14,18H,6-7,11H2,1-2H3. The highest BCUT2D eigenvalue weighted by Crippen LogP contribution is 2.20. The van der Waals surface area contributed by atoms with Gasteiger partial charge in [0, 0.05) is 23.9 Å². The van der Waals surface area contributed by atoms with Crippen LogP contribution in [0, 0.1) is 6.92 Å². The molecule has 1 heterocycles. The summed E-state index contributed by atoms with van der Waals surface area (Å²) in [6.45, 7) is 2.09. The van der Waals surface area contributed by atoms with Gasteiger partial charge >= 0.3 is 0 Å². The monoisotopic (exact) mass is 276 g/mol. The highest BCUT2D eigenvalue weighted by molar-refractivity contribution is 7.99. The smallest absolute Gasteiger partial charge is 0.0637 e. The fourth-order valence-electron chi connectivity index (χ4n) is 1.92. The summed E-state index contributed by atoms with van der Waals surface area (Å²) in [5, 5.41) is 14.1. The molecular weight excluding hydrogens is 256 g/mol. The van der Waals surface area contributed by atoms with Crippen molar-refractivity contribution in [1.82, 2.24) is 9.78 Å². The number of aliphatic hydroxyl groups is 1. The zero-order valence-electron chi connectivity index (χ0n) is 11.4. The zero-order chi connectivity index (χ0) is 13.7. The van der Waals surface area contributed by atoms with E-state index in [0.29, 0.717) is 0 Å². The summed E-state index contributed by atoms with van der Waals surface area (Å²) < 4.78 is 1.79. The maximum atomic E-state index is 10.00. The summed E-state index contributed by atoms with van der Waals surface area (Å²) in [4.78, 5) is 1.22. The Morgan fingerprint density at radius 3 is 2.95 bits per heavy atom. The van der Waals surface area contributed by atoms with E-state index in [1.165, 1.54) is 16.0 Å². The minimum atomic E-state index is -0.272. The Morgan fingerprint density at radius 1 is 1.42 bits per heavy atom. The van der Waals surface area contributed by atoms with Crippen molar-refractivity contribution >= 4 is 11.8 Å². The third-order valence-corrected chi connectivity index (χ3v) is 4.10. The maximum absolute atomic E-state index is 10.00. The van der Waals surface area contributed by atoms with Crippen LogP contribution >= 0.6 is 11.8 Å². The van der Waals surface area contributed by atoms with E-state index in [4.69, 9.17) is 0 Å². The number of aliphatic hydroxyl groups excluding tert-OH is 1. The van der Waals surface area contributed by atoms with Crippen LogP contribution in [0.1, 0.15) is 17.5 Å². The van der Waals surface area contributed by atoms with Gasteiger partial charge in [0.2, 0.25) is 0 Å². The summed E-state index contributed by atoms with van der Waals surface area (Å²) in [6, 6.07) is 8.38. The Kier molecular flexibility index (Phi) is 5.05. The van der Waals surface area contributed by atoms with E-state index >= 15 is 0 Å². The first-order valence-corrected chi connectivity index (χ1v) is 7.47. The number of aryl methyl sites for hydroxylation is 3. The second-order valence-electron chi connectivity index (χ2n) is 4.84. The first-order valence-electron chi connectivity index (χ1n) is 6.48. The van der Waals surface area contributed by atoms with Crippen molar-refractivity contribution in [3.8, 4) is 0 Å². The van der Waals surface area contributed by atoms with Crippen molar-refractivity contribution in [2.75, 3.05) is 5.75 Å². The Balaban J connectivity index is 1.74. The van der Waals surface area contributed by atoms with Crippen LogP contribution in [0.25, 0.3) is 0 Å². The van der Waals surface area contributed by atoms with E-state index in [9.17, 15) is 5.11 Å². The highest BCUT2D eigenvalue weighted by Gasteiger charge is 2.06. The minimum absolute atomic E-state index is 0.272. The molecule has 0 aliphatic rings. The average molecular weight is 276 g/mol. The SMILES string of the molecule is Cc1cccc(SCC(O)CCc2cnn(C)c2)c1. The van der Waals surface area contributed by atoms with Crippen LogP contribution in [0.3, 0.4) is 0 Å². The van der Waals surface area contributed by atoms with E-state index in [0.717, 1.165) is 18.6 Å². The van der Waals surface area contributed by atoms with Gasteiger partial charge in [-0.2, -0.15) is 5.10 Å². The summed E-state index contributed by atoms with van der Waals surface area (Å²) in [5.74, 6) is 0.740. The van der Waals surface area contributed by atoms with Gasteiger partial charge in [0.25, 0.3) is 0 Å². The summed E-state index contributed by atoms with van der Waals surface area (Å²) in [6.07, 6.45) is 5.25. The molecule has 1 N–H and O–H groups in total. The van der Waals surface area contributed by atoms with Crippen LogP contribution in [0.2, 0.25) is 0 Å². The number of rotatable bonds is 6. The van der Waals surface area contributed by atoms with Crippen LogP contribution in [0.4, 0.5) is 0 Å². The van der Waals surface area contributed by atoms with Crippen molar-refractivity contribution in [2.24, 2.45) is 7.05 Å². The van der Waals surface area contributed by atoms with Crippen LogP contribution in [0.5, 0.6) is 0 Å². The second-order valence-corrected chi connectivity index (χ2v) is 5.94. The molecule has 4 heteroatoms. The lowest BCUT2D eigenvalue weighted by atomic mass is 10.1. The van der Waals surface area contributed by atoms with Gasteiger partial charge in [-0.3, -0.25) is 4.68 Å². The fourth-order valence-corrected chi connectivity index (χ4v) is 2.91. The molecule has 1 aromatic carbocycles. The molecule has 0 saturated carbocycles. The number of nitrogens with zero attached hydrogens (tertiary/aromatic N) is 2. The van der Waals surface area contributed by atoms with Gasteiger partial charge in [-0.1, -0.05) is 17.7 Å². The minimum Gasteiger partial charge on any atom is -0.392 e. The molecule has 0 aliphatic heterocycles. The van der Waals surface area contributed by atoms with E-state index < -0.39 is 0 Å². The molecule has 19 heavy (non-hydrogen) atoms. The van der Waals surface area contributed by atoms with Gasteiger partial charge < -0.3 is 5.11 Å². The molecule has 1 atom stereocenters. The molecule has 0 saturated heterocycles. The summed E-state index contributed by atoms with van der Waals surface area (Å²) in [5.41, 5.74) is 2.44. The van der Waals surface area contributed by atoms with E-state index in [-0.39, 0.29) is 6.10 Å². The van der Waals surface area contributed by atoms with Crippen molar-refractivity contribution < 1.29 is 5.11 Å². The number of hydrogen-bond acceptors (Lipinski definition) is 3. The predicted octanol–water partition coefficient (Wildman–Crippen LogP) is 2.81. The van der Waals surface area contributed by atoms with Gasteiger partial charge in [-0.15, -0.1) is 11.8 Å². The lowest BCUT2D eigenvalue weighted by Gasteiger charge is -2.09. The van der Waals surface area contributed by atoms with Gasteiger partial charge in [-0.05, 0) is 37.5 Å². The number of benzene rings is 1. The lowest BCUT2D eigenvalue weighted by molar-refractivity contribution is 0.189. The third kappa shape index (κ3) is 4.73. The Labute approximate surface area is 118 Å². The number of thioether (sulfide) groups is 1. The lowest BCUT2D eigenvalue weighted by Crippen LogP contribution is -2.10. The molecular formula is C15H20N2OS. The number of hydrogen-bond donors (Lipinski definition) is 1. The van der Waals surface area contributed by atoms with E-state index in [1.807, 2.05) is 19.4 Å². The molecule has 0 amide bonds. The van der Waals surface area contributed by atoms with Gasteiger partial charge in [0.15, 0.2) is 0 Å². The van der Waals surface area contributed by atoms with Crippen molar-refractivity contribution in [3.05, 3.63) is 47.8 Å². The molecule has 102 valence electrons. The van der Waals surface area contributed by atoms with Crippen LogP contribution in [-0.2, 0) is 13.5 Å². The summed E-state index contributed by atoms with van der Waals surface area (Å²) in [7, 11) is 1.91. The Bertz CT molecular complexity index is 524. The molecule has 0 spiro atoms. The summed E-state index contributed by atoms with van der Waals surface area (Å²) >= 11 is 1.71. The van der Waals surface area contributed by atoms with Crippen molar-refractivity contribution in [3.63, 3.8) is 0 Å². The Morgan fingerprint density at radius 2 is 2.26 bits per heavy atom. The molecule has 1 aromatic heterocycles. The van der Waals surface area contributed by atoms with Crippen LogP contribution in [-0.4, -0.2) is 26.7 Å². The topological polar surface area (TPSA) is 38.1 Å². The van der Waals surface area contributed by atoms with Crippen molar-refractivity contribution in [1.29, 1.82) is 0 Å². The molecule has 2 rings (SSSR count).